The maximum atomic E-state index is 11.2. The monoisotopic (exact) mass is 360 g/mol. The average molecular weight is 361 g/mol. The molecule has 1 aromatic carbocycles. The van der Waals surface area contributed by atoms with Crippen LogP contribution in [0.25, 0.3) is 6.08 Å². The highest BCUT2D eigenvalue weighted by molar-refractivity contribution is 8.07. The lowest BCUT2D eigenvalue weighted by molar-refractivity contribution is -0.102. The number of nitrogens with zero attached hydrogens (tertiary/aromatic N) is 1. The van der Waals surface area contributed by atoms with Gasteiger partial charge in [0.1, 0.15) is 11.5 Å². The molecule has 0 fully saturated rings. The van der Waals surface area contributed by atoms with Crippen molar-refractivity contribution >= 4 is 29.8 Å². The molecule has 136 valence electrons. The summed E-state index contributed by atoms with van der Waals surface area (Å²) in [5.74, 6) is 0.359. The fourth-order valence-corrected chi connectivity index (χ4v) is 3.26. The van der Waals surface area contributed by atoms with E-state index in [9.17, 15) is 9.90 Å². The number of aromatic hydroxyl groups is 1. The number of rotatable bonds is 2. The van der Waals surface area contributed by atoms with Gasteiger partial charge in [-0.3, -0.25) is 9.79 Å². The second kappa shape index (κ2) is 7.58. The van der Waals surface area contributed by atoms with Crippen LogP contribution in [-0.4, -0.2) is 17.1 Å². The lowest BCUT2D eigenvalue weighted by Crippen LogP contribution is -2.17. The van der Waals surface area contributed by atoms with E-state index in [1.165, 1.54) is 11.8 Å². The molecular weight excluding hydrogens is 332 g/mol. The zero-order valence-electron chi connectivity index (χ0n) is 15.9. The first-order chi connectivity index (χ1) is 11.0. The predicted octanol–water partition coefficient (Wildman–Crippen LogP) is 5.35. The molecule has 0 amide bonds. The molecule has 4 N–H and O–H groups in total. The fourth-order valence-electron chi connectivity index (χ4n) is 2.57. The number of phenols is 1. The van der Waals surface area contributed by atoms with Gasteiger partial charge in [0.05, 0.1) is 0 Å². The molecule has 0 aromatic heterocycles. The molecule has 0 unspecified atom stereocenters. The van der Waals surface area contributed by atoms with Gasteiger partial charge in [0, 0.05) is 22.2 Å². The molecule has 1 aromatic rings. The number of hydrogen-bond acceptors (Lipinski definition) is 5. The van der Waals surface area contributed by atoms with Gasteiger partial charge in [0.25, 0.3) is 0 Å². The van der Waals surface area contributed by atoms with Gasteiger partial charge in [-0.05, 0) is 40.0 Å². The molecule has 25 heavy (non-hydrogen) atoms. The zero-order chi connectivity index (χ0) is 18.1. The van der Waals surface area contributed by atoms with Crippen LogP contribution in [0.4, 0.5) is 0 Å². The highest BCUT2D eigenvalue weighted by Gasteiger charge is 2.26. The standard InChI is InChI=1S/C20H25NO2S.H3N/c1-19(2,3)14-9-13(10-15(18(14)23)20(4,5)6)11-17-16(12-22)21-7-8-24-17;/h7-12,23H,1-6H3;1H3. The number of hydrogen-bond donors (Lipinski definition) is 2. The van der Waals surface area contributed by atoms with Crippen molar-refractivity contribution in [2.24, 2.45) is 4.99 Å². The summed E-state index contributed by atoms with van der Waals surface area (Å²) in [7, 11) is 0. The van der Waals surface area contributed by atoms with Crippen LogP contribution in [-0.2, 0) is 15.6 Å². The molecule has 0 spiro atoms. The molecular formula is C20H28N2O2S. The van der Waals surface area contributed by atoms with Gasteiger partial charge in [-0.2, -0.15) is 0 Å². The van der Waals surface area contributed by atoms with Crippen molar-refractivity contribution in [1.29, 1.82) is 0 Å². The van der Waals surface area contributed by atoms with Crippen molar-refractivity contribution < 1.29 is 9.90 Å². The number of thioether (sulfide) groups is 1. The Balaban J connectivity index is 0.00000312. The molecule has 5 heteroatoms. The largest absolute Gasteiger partial charge is 0.507 e. The topological polar surface area (TPSA) is 84.7 Å². The Hall–Kier alpha value is -1.85. The Kier molecular flexibility index (Phi) is 6.43. The van der Waals surface area contributed by atoms with Crippen LogP contribution >= 0.6 is 11.8 Å². The minimum atomic E-state index is -0.181. The maximum Gasteiger partial charge on any atom is 0.169 e. The quantitative estimate of drug-likeness (QED) is 0.696. The van der Waals surface area contributed by atoms with Crippen molar-refractivity contribution in [3.63, 3.8) is 0 Å². The fraction of sp³-hybridized carbons (Fsp3) is 0.400. The van der Waals surface area contributed by atoms with Crippen LogP contribution in [0.1, 0.15) is 58.2 Å². The third-order valence-electron chi connectivity index (χ3n) is 3.88. The van der Waals surface area contributed by atoms with Crippen LogP contribution in [0, 0.1) is 0 Å². The van der Waals surface area contributed by atoms with Gasteiger partial charge < -0.3 is 11.3 Å². The molecule has 0 aliphatic carbocycles. The molecule has 1 aliphatic rings. The minimum Gasteiger partial charge on any atom is -0.507 e. The normalized spacial score (nSPS) is 16.4. The molecule has 0 atom stereocenters. The number of carbonyl (C=O) groups excluding carboxylic acids is 1. The van der Waals surface area contributed by atoms with Crippen molar-refractivity contribution in [2.75, 3.05) is 0 Å². The summed E-state index contributed by atoms with van der Waals surface area (Å²) in [5.41, 5.74) is 2.85. The number of carbonyl (C=O) groups is 1. The molecule has 4 nitrogen and oxygen atoms in total. The molecule has 2 rings (SSSR count). The van der Waals surface area contributed by atoms with Gasteiger partial charge in [-0.15, -0.1) is 0 Å². The van der Waals surface area contributed by atoms with Crippen LogP contribution in [0.3, 0.4) is 0 Å². The van der Waals surface area contributed by atoms with Gasteiger partial charge in [-0.1, -0.05) is 53.3 Å². The highest BCUT2D eigenvalue weighted by Crippen LogP contribution is 2.40. The molecule has 1 heterocycles. The molecule has 0 bridgehead atoms. The lowest BCUT2D eigenvalue weighted by atomic mass is 9.78. The van der Waals surface area contributed by atoms with Crippen molar-refractivity contribution in [1.82, 2.24) is 6.15 Å². The highest BCUT2D eigenvalue weighted by atomic mass is 32.2. The number of aldehydes is 1. The summed E-state index contributed by atoms with van der Waals surface area (Å²) >= 11 is 1.48. The summed E-state index contributed by atoms with van der Waals surface area (Å²) in [6.45, 7) is 12.5. The van der Waals surface area contributed by atoms with Crippen molar-refractivity contribution in [3.8, 4) is 5.75 Å². The predicted molar refractivity (Wildman–Crippen MR) is 109 cm³/mol. The van der Waals surface area contributed by atoms with Crippen molar-refractivity contribution in [3.05, 3.63) is 45.3 Å². The van der Waals surface area contributed by atoms with Crippen LogP contribution in [0.15, 0.2) is 33.6 Å². The van der Waals surface area contributed by atoms with Crippen LogP contribution in [0.2, 0.25) is 0 Å². The molecule has 1 aliphatic heterocycles. The first kappa shape index (κ1) is 21.2. The van der Waals surface area contributed by atoms with Crippen LogP contribution in [0.5, 0.6) is 5.75 Å². The van der Waals surface area contributed by atoms with Gasteiger partial charge in [0.15, 0.2) is 6.29 Å². The first-order valence-electron chi connectivity index (χ1n) is 7.99. The van der Waals surface area contributed by atoms with E-state index >= 15 is 0 Å². The van der Waals surface area contributed by atoms with Crippen LogP contribution < -0.4 is 6.15 Å². The van der Waals surface area contributed by atoms with E-state index in [0.29, 0.717) is 11.5 Å². The van der Waals surface area contributed by atoms with E-state index in [1.54, 1.807) is 6.20 Å². The van der Waals surface area contributed by atoms with E-state index < -0.39 is 0 Å². The maximum absolute atomic E-state index is 11.2. The third kappa shape index (κ3) is 4.83. The van der Waals surface area contributed by atoms with Gasteiger partial charge >= 0.3 is 0 Å². The SMILES string of the molecule is CC(C)(C)c1cc(C=C2SC=CN=C2C=O)cc(C(C)(C)C)c1O.N. The first-order valence-corrected chi connectivity index (χ1v) is 8.86. The summed E-state index contributed by atoms with van der Waals surface area (Å²) in [6.07, 6.45) is 4.37. The van der Waals surface area contributed by atoms with E-state index in [1.807, 2.05) is 23.6 Å². The number of aliphatic imine (C=N–C) groups is 1. The van der Waals surface area contributed by atoms with Crippen molar-refractivity contribution in [2.45, 2.75) is 52.4 Å². The summed E-state index contributed by atoms with van der Waals surface area (Å²) in [5, 5.41) is 12.6. The molecule has 0 saturated heterocycles. The summed E-state index contributed by atoms with van der Waals surface area (Å²) in [4.78, 5) is 16.1. The number of benzene rings is 1. The second-order valence-corrected chi connectivity index (χ2v) is 8.96. The summed E-state index contributed by atoms with van der Waals surface area (Å²) < 4.78 is 0. The number of allylic oxidation sites excluding steroid dienone is 1. The Morgan fingerprint density at radius 2 is 1.56 bits per heavy atom. The minimum absolute atomic E-state index is 0. The van der Waals surface area contributed by atoms with Gasteiger partial charge in [-0.25, -0.2) is 0 Å². The lowest BCUT2D eigenvalue weighted by Gasteiger charge is -2.28. The average Bonchev–Trinajstić information content (AvgIpc) is 2.47. The Bertz CT molecular complexity index is 713. The van der Waals surface area contributed by atoms with E-state index in [4.69, 9.17) is 0 Å². The third-order valence-corrected chi connectivity index (χ3v) is 4.72. The smallest absolute Gasteiger partial charge is 0.169 e. The van der Waals surface area contributed by atoms with Gasteiger partial charge in [0.2, 0.25) is 0 Å². The Morgan fingerprint density at radius 3 is 2.00 bits per heavy atom. The summed E-state index contributed by atoms with van der Waals surface area (Å²) in [6, 6.07) is 4.00. The Morgan fingerprint density at radius 1 is 1.04 bits per heavy atom. The molecule has 0 radical (unpaired) electrons. The second-order valence-electron chi connectivity index (χ2n) is 8.01. The Labute approximate surface area is 154 Å². The zero-order valence-corrected chi connectivity index (χ0v) is 16.7. The van der Waals surface area contributed by atoms with E-state index in [-0.39, 0.29) is 17.0 Å². The molecule has 0 saturated carbocycles. The number of phenolic OH excluding ortho intramolecular Hbond substituents is 1. The van der Waals surface area contributed by atoms with E-state index in [2.05, 4.69) is 46.5 Å². The van der Waals surface area contributed by atoms with E-state index in [0.717, 1.165) is 27.9 Å².